The van der Waals surface area contributed by atoms with Gasteiger partial charge in [0.1, 0.15) is 0 Å². The Morgan fingerprint density at radius 2 is 2.00 bits per heavy atom. The van der Waals surface area contributed by atoms with E-state index in [-0.39, 0.29) is 0 Å². The highest BCUT2D eigenvalue weighted by molar-refractivity contribution is 5.75. The lowest BCUT2D eigenvalue weighted by Gasteiger charge is -2.46. The van der Waals surface area contributed by atoms with Gasteiger partial charge in [0.05, 0.1) is 12.1 Å². The maximum Gasteiger partial charge on any atom is 0.315 e. The van der Waals surface area contributed by atoms with Crippen molar-refractivity contribution in [3.63, 3.8) is 0 Å². The Balaban J connectivity index is 1.75. The maximum atomic E-state index is 12.7. The SMILES string of the molecule is O=C(NCC1CC1)NC1(CO)CC(F)(F)C1. The van der Waals surface area contributed by atoms with E-state index in [1.807, 2.05) is 0 Å². The summed E-state index contributed by atoms with van der Waals surface area (Å²) < 4.78 is 25.4. The van der Waals surface area contributed by atoms with Gasteiger partial charge in [-0.2, -0.15) is 0 Å². The van der Waals surface area contributed by atoms with Gasteiger partial charge in [0.2, 0.25) is 0 Å². The lowest BCUT2D eigenvalue weighted by Crippen LogP contribution is -2.65. The van der Waals surface area contributed by atoms with Gasteiger partial charge < -0.3 is 15.7 Å². The van der Waals surface area contributed by atoms with Crippen LogP contribution in [0.2, 0.25) is 0 Å². The normalized spacial score (nSPS) is 25.7. The molecule has 0 aromatic rings. The fourth-order valence-electron chi connectivity index (χ4n) is 2.02. The van der Waals surface area contributed by atoms with Crippen LogP contribution in [0.5, 0.6) is 0 Å². The highest BCUT2D eigenvalue weighted by atomic mass is 19.3. The van der Waals surface area contributed by atoms with E-state index < -0.39 is 36.9 Å². The van der Waals surface area contributed by atoms with Gasteiger partial charge in [0, 0.05) is 19.4 Å². The van der Waals surface area contributed by atoms with Crippen molar-refractivity contribution in [3.8, 4) is 0 Å². The number of amides is 2. The molecule has 2 amide bonds. The third-order valence-corrected chi connectivity index (χ3v) is 3.12. The molecule has 0 bridgehead atoms. The van der Waals surface area contributed by atoms with Gasteiger partial charge in [-0.1, -0.05) is 0 Å². The molecule has 0 aromatic carbocycles. The number of nitrogens with one attached hydrogen (secondary N) is 2. The number of rotatable bonds is 4. The predicted molar refractivity (Wildman–Crippen MR) is 53.3 cm³/mol. The van der Waals surface area contributed by atoms with E-state index >= 15 is 0 Å². The first-order valence-corrected chi connectivity index (χ1v) is 5.49. The summed E-state index contributed by atoms with van der Waals surface area (Å²) in [5, 5.41) is 14.1. The Morgan fingerprint density at radius 3 is 2.44 bits per heavy atom. The largest absolute Gasteiger partial charge is 0.394 e. The van der Waals surface area contributed by atoms with Crippen LogP contribution in [-0.4, -0.2) is 35.8 Å². The van der Waals surface area contributed by atoms with Crippen molar-refractivity contribution in [2.24, 2.45) is 5.92 Å². The molecule has 2 saturated carbocycles. The second-order valence-electron chi connectivity index (χ2n) is 4.93. The standard InChI is InChI=1S/C10H16F2N2O2/c11-10(12)4-9(5-10,6-15)14-8(16)13-3-7-1-2-7/h7,15H,1-6H2,(H2,13,14,16). The predicted octanol–water partition coefficient (Wildman–Crippen LogP) is 0.856. The van der Waals surface area contributed by atoms with E-state index in [4.69, 9.17) is 5.11 Å². The maximum absolute atomic E-state index is 12.7. The number of halogens is 2. The number of carbonyl (C=O) groups excluding carboxylic acids is 1. The average molecular weight is 234 g/mol. The Bertz CT molecular complexity index is 285. The summed E-state index contributed by atoms with van der Waals surface area (Å²) in [5.41, 5.74) is -1.13. The van der Waals surface area contributed by atoms with E-state index in [0.717, 1.165) is 12.8 Å². The fraction of sp³-hybridized carbons (Fsp3) is 0.900. The molecular weight excluding hydrogens is 218 g/mol. The number of aliphatic hydroxyl groups excluding tert-OH is 1. The topological polar surface area (TPSA) is 61.4 Å². The number of alkyl halides is 2. The van der Waals surface area contributed by atoms with E-state index in [0.29, 0.717) is 12.5 Å². The highest BCUT2D eigenvalue weighted by Gasteiger charge is 2.57. The summed E-state index contributed by atoms with van der Waals surface area (Å²) >= 11 is 0. The summed E-state index contributed by atoms with van der Waals surface area (Å²) in [6, 6.07) is -0.462. The van der Waals surface area contributed by atoms with Crippen LogP contribution in [0.3, 0.4) is 0 Å². The van der Waals surface area contributed by atoms with Crippen molar-refractivity contribution >= 4 is 6.03 Å². The second-order valence-corrected chi connectivity index (χ2v) is 4.93. The molecule has 0 heterocycles. The quantitative estimate of drug-likeness (QED) is 0.675. The molecule has 0 radical (unpaired) electrons. The molecule has 0 spiro atoms. The van der Waals surface area contributed by atoms with E-state index in [9.17, 15) is 13.6 Å². The zero-order valence-electron chi connectivity index (χ0n) is 8.93. The lowest BCUT2D eigenvalue weighted by atomic mass is 9.74. The van der Waals surface area contributed by atoms with Crippen LogP contribution in [0.1, 0.15) is 25.7 Å². The van der Waals surface area contributed by atoms with Crippen LogP contribution in [0.25, 0.3) is 0 Å². The number of urea groups is 1. The summed E-state index contributed by atoms with van der Waals surface area (Å²) in [4.78, 5) is 11.4. The minimum Gasteiger partial charge on any atom is -0.394 e. The minimum atomic E-state index is -2.76. The monoisotopic (exact) mass is 234 g/mol. The summed E-state index contributed by atoms with van der Waals surface area (Å²) in [7, 11) is 0. The van der Waals surface area contributed by atoms with E-state index in [1.54, 1.807) is 0 Å². The zero-order valence-corrected chi connectivity index (χ0v) is 8.93. The molecule has 0 atom stereocenters. The van der Waals surface area contributed by atoms with Crippen molar-refractivity contribution in [2.75, 3.05) is 13.2 Å². The first-order valence-electron chi connectivity index (χ1n) is 5.49. The molecule has 16 heavy (non-hydrogen) atoms. The van der Waals surface area contributed by atoms with Crippen molar-refractivity contribution < 1.29 is 18.7 Å². The summed E-state index contributed by atoms with van der Waals surface area (Å²) in [5.74, 6) is -2.22. The van der Waals surface area contributed by atoms with Crippen molar-refractivity contribution in [3.05, 3.63) is 0 Å². The Hall–Kier alpha value is -0.910. The van der Waals surface area contributed by atoms with E-state index in [2.05, 4.69) is 10.6 Å². The molecule has 0 saturated heterocycles. The average Bonchev–Trinajstić information content (AvgIpc) is 2.94. The van der Waals surface area contributed by atoms with Gasteiger partial charge in [-0.15, -0.1) is 0 Å². The van der Waals surface area contributed by atoms with Crippen molar-refractivity contribution in [1.82, 2.24) is 10.6 Å². The van der Waals surface area contributed by atoms with Crippen LogP contribution in [0.4, 0.5) is 13.6 Å². The number of carbonyl (C=O) groups is 1. The van der Waals surface area contributed by atoms with Crippen LogP contribution < -0.4 is 10.6 Å². The van der Waals surface area contributed by atoms with Gasteiger partial charge in [-0.05, 0) is 18.8 Å². The van der Waals surface area contributed by atoms with Gasteiger partial charge in [0.25, 0.3) is 5.92 Å². The second kappa shape index (κ2) is 3.84. The van der Waals surface area contributed by atoms with Crippen LogP contribution in [0, 0.1) is 5.92 Å². The molecule has 2 aliphatic rings. The highest BCUT2D eigenvalue weighted by Crippen LogP contribution is 2.45. The molecule has 4 nitrogen and oxygen atoms in total. The molecule has 6 heteroatoms. The molecular formula is C10H16F2N2O2. The molecule has 2 aliphatic carbocycles. The molecule has 0 unspecified atom stereocenters. The van der Waals surface area contributed by atoms with Crippen LogP contribution in [0.15, 0.2) is 0 Å². The third kappa shape index (κ3) is 2.61. The smallest absolute Gasteiger partial charge is 0.315 e. The first kappa shape index (κ1) is 11.6. The minimum absolute atomic E-state index is 0.445. The Kier molecular flexibility index (Phi) is 2.77. The molecule has 92 valence electrons. The zero-order chi connectivity index (χ0) is 11.8. The first-order chi connectivity index (χ1) is 7.45. The van der Waals surface area contributed by atoms with Crippen LogP contribution in [-0.2, 0) is 0 Å². The summed E-state index contributed by atoms with van der Waals surface area (Å²) in [6.07, 6.45) is 1.27. The number of hydrogen-bond acceptors (Lipinski definition) is 2. The lowest BCUT2D eigenvalue weighted by molar-refractivity contribution is -0.142. The van der Waals surface area contributed by atoms with Gasteiger partial charge in [-0.3, -0.25) is 0 Å². The molecule has 2 fully saturated rings. The Labute approximate surface area is 92.4 Å². The fourth-order valence-corrected chi connectivity index (χ4v) is 2.02. The molecule has 0 aliphatic heterocycles. The third-order valence-electron chi connectivity index (χ3n) is 3.12. The van der Waals surface area contributed by atoms with Crippen molar-refractivity contribution in [1.29, 1.82) is 0 Å². The van der Waals surface area contributed by atoms with Crippen LogP contribution >= 0.6 is 0 Å². The molecule has 0 aromatic heterocycles. The molecule has 2 rings (SSSR count). The number of hydrogen-bond donors (Lipinski definition) is 3. The summed E-state index contributed by atoms with van der Waals surface area (Å²) in [6.45, 7) is 0.142. The van der Waals surface area contributed by atoms with Crippen molar-refractivity contribution in [2.45, 2.75) is 37.1 Å². The van der Waals surface area contributed by atoms with Gasteiger partial charge in [-0.25, -0.2) is 13.6 Å². The van der Waals surface area contributed by atoms with E-state index in [1.165, 1.54) is 0 Å². The van der Waals surface area contributed by atoms with Gasteiger partial charge >= 0.3 is 6.03 Å². The molecule has 3 N–H and O–H groups in total. The van der Waals surface area contributed by atoms with Gasteiger partial charge in [0.15, 0.2) is 0 Å². The number of aliphatic hydroxyl groups is 1. The Morgan fingerprint density at radius 1 is 1.38 bits per heavy atom.